The summed E-state index contributed by atoms with van der Waals surface area (Å²) in [6.45, 7) is 1.74. The molecule has 1 heterocycles. The Morgan fingerprint density at radius 3 is 2.86 bits per heavy atom. The van der Waals surface area contributed by atoms with Gasteiger partial charge >= 0.3 is 6.03 Å². The number of benzene rings is 1. The lowest BCUT2D eigenvalue weighted by Gasteiger charge is -2.17. The van der Waals surface area contributed by atoms with Crippen LogP contribution in [0.3, 0.4) is 0 Å². The summed E-state index contributed by atoms with van der Waals surface area (Å²) >= 11 is 5.57. The third-order valence-corrected chi connectivity index (χ3v) is 3.31. The van der Waals surface area contributed by atoms with Gasteiger partial charge < -0.3 is 20.2 Å². The van der Waals surface area contributed by atoms with Crippen LogP contribution in [0, 0.1) is 5.82 Å². The zero-order valence-electron chi connectivity index (χ0n) is 11.8. The van der Waals surface area contributed by atoms with Crippen LogP contribution in [0.1, 0.15) is 25.2 Å². The number of aliphatic hydroxyl groups is 1. The van der Waals surface area contributed by atoms with E-state index in [1.807, 2.05) is 0 Å². The first kappa shape index (κ1) is 16.3. The second-order valence-corrected chi connectivity index (χ2v) is 5.30. The molecule has 0 spiro atoms. The lowest BCUT2D eigenvalue weighted by atomic mass is 10.1. The Bertz CT molecular complexity index is 634. The van der Waals surface area contributed by atoms with Gasteiger partial charge in [-0.25, -0.2) is 9.18 Å². The minimum absolute atomic E-state index is 0.0131. The van der Waals surface area contributed by atoms with E-state index >= 15 is 0 Å². The van der Waals surface area contributed by atoms with E-state index < -0.39 is 18.0 Å². The molecule has 2 rings (SSSR count). The number of aliphatic hydroxyl groups excluding tert-OH is 1. The zero-order valence-corrected chi connectivity index (χ0v) is 12.6. The highest BCUT2D eigenvalue weighted by atomic mass is 35.5. The second kappa shape index (κ2) is 7.29. The molecule has 0 fully saturated rings. The molecule has 7 heteroatoms. The van der Waals surface area contributed by atoms with Crippen molar-refractivity contribution >= 4 is 23.3 Å². The molecule has 0 aliphatic heterocycles. The maximum atomic E-state index is 13.3. The predicted octanol–water partition coefficient (Wildman–Crippen LogP) is 3.71. The Balaban J connectivity index is 1.84. The molecular formula is C15H16ClFN2O3. The molecule has 1 aromatic carbocycles. The maximum Gasteiger partial charge on any atom is 0.319 e. The molecular weight excluding hydrogens is 311 g/mol. The smallest absolute Gasteiger partial charge is 0.319 e. The largest absolute Gasteiger partial charge is 0.467 e. The monoisotopic (exact) mass is 326 g/mol. The van der Waals surface area contributed by atoms with Gasteiger partial charge in [-0.1, -0.05) is 11.6 Å². The van der Waals surface area contributed by atoms with Gasteiger partial charge in [0.2, 0.25) is 0 Å². The van der Waals surface area contributed by atoms with Crippen LogP contribution >= 0.6 is 11.6 Å². The van der Waals surface area contributed by atoms with Crippen molar-refractivity contribution in [2.24, 2.45) is 0 Å². The van der Waals surface area contributed by atoms with Crippen LogP contribution in [0.4, 0.5) is 14.9 Å². The Morgan fingerprint density at radius 2 is 2.23 bits per heavy atom. The highest BCUT2D eigenvalue weighted by molar-refractivity contribution is 6.30. The van der Waals surface area contributed by atoms with Gasteiger partial charge in [-0.05, 0) is 37.3 Å². The van der Waals surface area contributed by atoms with Crippen molar-refractivity contribution in [3.05, 3.63) is 53.2 Å². The van der Waals surface area contributed by atoms with E-state index in [0.29, 0.717) is 5.76 Å². The van der Waals surface area contributed by atoms with Crippen LogP contribution in [0.15, 0.2) is 41.0 Å². The number of carbonyl (C=O) groups is 1. The number of furan rings is 1. The van der Waals surface area contributed by atoms with Gasteiger partial charge in [0.1, 0.15) is 17.7 Å². The number of urea groups is 1. The quantitative estimate of drug-likeness (QED) is 0.784. The molecule has 0 saturated carbocycles. The number of hydrogen-bond acceptors (Lipinski definition) is 3. The van der Waals surface area contributed by atoms with Crippen molar-refractivity contribution in [1.82, 2.24) is 5.32 Å². The standard InChI is InChI=1S/C15H16ClFN2O3/c1-9(7-13(20)14-3-2-6-22-14)18-15(21)19-10-4-5-11(16)12(17)8-10/h2-6,8-9,13,20H,7H2,1H3,(H2,18,19,21). The van der Waals surface area contributed by atoms with Crippen molar-refractivity contribution in [3.63, 3.8) is 0 Å². The third kappa shape index (κ3) is 4.47. The molecule has 0 radical (unpaired) electrons. The van der Waals surface area contributed by atoms with Crippen molar-refractivity contribution in [1.29, 1.82) is 0 Å². The molecule has 2 amide bonds. The van der Waals surface area contributed by atoms with E-state index in [1.165, 1.54) is 18.4 Å². The summed E-state index contributed by atoms with van der Waals surface area (Å²) in [6, 6.07) is 6.51. The van der Waals surface area contributed by atoms with E-state index in [9.17, 15) is 14.3 Å². The van der Waals surface area contributed by atoms with E-state index in [2.05, 4.69) is 10.6 Å². The van der Waals surface area contributed by atoms with Gasteiger partial charge in [0.25, 0.3) is 0 Å². The summed E-state index contributed by atoms with van der Waals surface area (Å²) in [6.07, 6.45) is 0.951. The van der Waals surface area contributed by atoms with Gasteiger partial charge in [0, 0.05) is 18.2 Å². The van der Waals surface area contributed by atoms with Crippen molar-refractivity contribution in [2.75, 3.05) is 5.32 Å². The van der Waals surface area contributed by atoms with E-state index in [4.69, 9.17) is 16.0 Å². The first-order valence-corrected chi connectivity index (χ1v) is 7.07. The van der Waals surface area contributed by atoms with Gasteiger partial charge in [-0.3, -0.25) is 0 Å². The number of amides is 2. The summed E-state index contributed by atoms with van der Waals surface area (Å²) in [7, 11) is 0. The van der Waals surface area contributed by atoms with Crippen LogP contribution < -0.4 is 10.6 Å². The molecule has 2 aromatic rings. The van der Waals surface area contributed by atoms with E-state index in [0.717, 1.165) is 6.07 Å². The van der Waals surface area contributed by atoms with Crippen LogP contribution in [0.2, 0.25) is 5.02 Å². The third-order valence-electron chi connectivity index (χ3n) is 3.00. The lowest BCUT2D eigenvalue weighted by Crippen LogP contribution is -2.37. The SMILES string of the molecule is CC(CC(O)c1ccco1)NC(=O)Nc1ccc(Cl)c(F)c1. The van der Waals surface area contributed by atoms with Crippen LogP contribution in [0.25, 0.3) is 0 Å². The van der Waals surface area contributed by atoms with Crippen molar-refractivity contribution in [3.8, 4) is 0 Å². The van der Waals surface area contributed by atoms with Crippen LogP contribution in [0.5, 0.6) is 0 Å². The van der Waals surface area contributed by atoms with Gasteiger partial charge in [-0.2, -0.15) is 0 Å². The Kier molecular flexibility index (Phi) is 5.41. The molecule has 22 heavy (non-hydrogen) atoms. The molecule has 3 N–H and O–H groups in total. The molecule has 2 atom stereocenters. The number of carbonyl (C=O) groups excluding carboxylic acids is 1. The van der Waals surface area contributed by atoms with E-state index in [1.54, 1.807) is 19.1 Å². The lowest BCUT2D eigenvalue weighted by molar-refractivity contribution is 0.130. The van der Waals surface area contributed by atoms with Crippen molar-refractivity contribution < 1.29 is 18.7 Å². The predicted molar refractivity (Wildman–Crippen MR) is 81.3 cm³/mol. The molecule has 0 aliphatic carbocycles. The summed E-state index contributed by atoms with van der Waals surface area (Å²) in [5.74, 6) is -0.172. The number of hydrogen-bond donors (Lipinski definition) is 3. The number of halogens is 2. The van der Waals surface area contributed by atoms with E-state index in [-0.39, 0.29) is 23.2 Å². The van der Waals surface area contributed by atoms with Crippen molar-refractivity contribution in [2.45, 2.75) is 25.5 Å². The highest BCUT2D eigenvalue weighted by Crippen LogP contribution is 2.20. The van der Waals surface area contributed by atoms with Crippen LogP contribution in [-0.2, 0) is 0 Å². The van der Waals surface area contributed by atoms with Gasteiger partial charge in [0.15, 0.2) is 0 Å². The minimum Gasteiger partial charge on any atom is -0.467 e. The number of rotatable bonds is 5. The Hall–Kier alpha value is -2.05. The molecule has 1 aromatic heterocycles. The average molecular weight is 327 g/mol. The molecule has 0 saturated heterocycles. The summed E-state index contributed by atoms with van der Waals surface area (Å²) in [4.78, 5) is 11.8. The summed E-state index contributed by atoms with van der Waals surface area (Å²) in [5.41, 5.74) is 0.290. The molecule has 118 valence electrons. The fourth-order valence-corrected chi connectivity index (χ4v) is 2.07. The topological polar surface area (TPSA) is 74.5 Å². The Labute approximate surface area is 132 Å². The van der Waals surface area contributed by atoms with Crippen LogP contribution in [-0.4, -0.2) is 17.2 Å². The molecule has 5 nitrogen and oxygen atoms in total. The maximum absolute atomic E-state index is 13.3. The number of anilines is 1. The van der Waals surface area contributed by atoms with Gasteiger partial charge in [0.05, 0.1) is 11.3 Å². The normalized spacial score (nSPS) is 13.5. The fourth-order valence-electron chi connectivity index (χ4n) is 1.96. The van der Waals surface area contributed by atoms with Gasteiger partial charge in [-0.15, -0.1) is 0 Å². The average Bonchev–Trinajstić information content (AvgIpc) is 2.96. The fraction of sp³-hybridized carbons (Fsp3) is 0.267. The molecule has 2 unspecified atom stereocenters. The zero-order chi connectivity index (χ0) is 16.1. The summed E-state index contributed by atoms with van der Waals surface area (Å²) in [5, 5.41) is 15.0. The summed E-state index contributed by atoms with van der Waals surface area (Å²) < 4.78 is 18.4. The first-order chi connectivity index (χ1) is 10.5. The minimum atomic E-state index is -0.807. The number of nitrogens with one attached hydrogen (secondary N) is 2. The highest BCUT2D eigenvalue weighted by Gasteiger charge is 2.16. The first-order valence-electron chi connectivity index (χ1n) is 6.69. The molecule has 0 aliphatic rings. The molecule has 0 bridgehead atoms. The second-order valence-electron chi connectivity index (χ2n) is 4.90. The Morgan fingerprint density at radius 1 is 1.45 bits per heavy atom.